The van der Waals surface area contributed by atoms with Crippen LogP contribution in [-0.2, 0) is 14.8 Å². The van der Waals surface area contributed by atoms with Crippen LogP contribution in [0.5, 0.6) is 5.75 Å². The lowest BCUT2D eigenvalue weighted by molar-refractivity contribution is 0.109. The van der Waals surface area contributed by atoms with E-state index in [1.54, 1.807) is 0 Å². The number of nitrogens with two attached hydrogens (primary N) is 1. The van der Waals surface area contributed by atoms with Crippen molar-refractivity contribution in [2.45, 2.75) is 11.8 Å². The smallest absolute Gasteiger partial charge is 0.241 e. The molecule has 0 heterocycles. The Hall–Kier alpha value is -0.700. The lowest BCUT2D eigenvalue weighted by atomic mass is 10.3. The van der Waals surface area contributed by atoms with E-state index in [9.17, 15) is 12.8 Å². The van der Waals surface area contributed by atoms with E-state index in [2.05, 4.69) is 15.9 Å². The standard InChI is InChI=1S/C10H13BrFNO4S/c1-2-16-3-4-17-9-6-8(12)10(5-7(9)11)18(13,14)15/h5-6H,2-4H2,1H3,(H2,13,14,15). The average Bonchev–Trinajstić information content (AvgIpc) is 2.27. The van der Waals surface area contributed by atoms with Crippen molar-refractivity contribution >= 4 is 26.0 Å². The van der Waals surface area contributed by atoms with Crippen LogP contribution in [-0.4, -0.2) is 28.2 Å². The molecule has 8 heteroatoms. The van der Waals surface area contributed by atoms with Gasteiger partial charge < -0.3 is 9.47 Å². The lowest BCUT2D eigenvalue weighted by Gasteiger charge is -2.10. The number of hydrogen-bond donors (Lipinski definition) is 1. The molecule has 0 aliphatic heterocycles. The van der Waals surface area contributed by atoms with Crippen LogP contribution in [0.15, 0.2) is 21.5 Å². The summed E-state index contributed by atoms with van der Waals surface area (Å²) in [5.74, 6) is -0.758. The molecule has 0 fully saturated rings. The summed E-state index contributed by atoms with van der Waals surface area (Å²) >= 11 is 3.09. The van der Waals surface area contributed by atoms with Crippen molar-refractivity contribution in [2.24, 2.45) is 5.14 Å². The van der Waals surface area contributed by atoms with E-state index in [-0.39, 0.29) is 12.4 Å². The van der Waals surface area contributed by atoms with Crippen molar-refractivity contribution in [3.05, 3.63) is 22.4 Å². The van der Waals surface area contributed by atoms with Crippen LogP contribution in [0.1, 0.15) is 6.92 Å². The van der Waals surface area contributed by atoms with Gasteiger partial charge in [-0.25, -0.2) is 17.9 Å². The molecule has 0 unspecified atom stereocenters. The highest BCUT2D eigenvalue weighted by molar-refractivity contribution is 9.10. The van der Waals surface area contributed by atoms with E-state index >= 15 is 0 Å². The Morgan fingerprint density at radius 2 is 2.06 bits per heavy atom. The number of sulfonamides is 1. The number of primary sulfonamides is 1. The topological polar surface area (TPSA) is 78.6 Å². The second-order valence-electron chi connectivity index (χ2n) is 3.30. The molecule has 0 atom stereocenters. The fourth-order valence-electron chi connectivity index (χ4n) is 1.19. The van der Waals surface area contributed by atoms with E-state index in [0.717, 1.165) is 12.1 Å². The first-order chi connectivity index (χ1) is 8.36. The molecule has 0 aromatic heterocycles. The lowest BCUT2D eigenvalue weighted by Crippen LogP contribution is -2.14. The van der Waals surface area contributed by atoms with Crippen molar-refractivity contribution in [3.8, 4) is 5.75 Å². The zero-order valence-electron chi connectivity index (χ0n) is 9.65. The van der Waals surface area contributed by atoms with Gasteiger partial charge in [0, 0.05) is 12.7 Å². The maximum absolute atomic E-state index is 13.5. The molecule has 1 rings (SSSR count). The largest absolute Gasteiger partial charge is 0.490 e. The van der Waals surface area contributed by atoms with Gasteiger partial charge in [0.25, 0.3) is 0 Å². The van der Waals surface area contributed by atoms with Gasteiger partial charge in [-0.15, -0.1) is 0 Å². The monoisotopic (exact) mass is 341 g/mol. The molecule has 0 saturated heterocycles. The fraction of sp³-hybridized carbons (Fsp3) is 0.400. The summed E-state index contributed by atoms with van der Waals surface area (Å²) in [7, 11) is -4.09. The Bertz CT molecular complexity index is 521. The van der Waals surface area contributed by atoms with Gasteiger partial charge in [-0.1, -0.05) is 0 Å². The fourth-order valence-corrected chi connectivity index (χ4v) is 2.42. The number of ether oxygens (including phenoxy) is 2. The van der Waals surface area contributed by atoms with Gasteiger partial charge in [0.1, 0.15) is 23.1 Å². The minimum absolute atomic E-state index is 0.194. The Balaban J connectivity index is 2.87. The Morgan fingerprint density at radius 1 is 1.39 bits per heavy atom. The summed E-state index contributed by atoms with van der Waals surface area (Å²) < 4.78 is 46.3. The van der Waals surface area contributed by atoms with Gasteiger partial charge in [-0.05, 0) is 28.9 Å². The van der Waals surface area contributed by atoms with Gasteiger partial charge in [0.05, 0.1) is 11.1 Å². The number of halogens is 2. The number of hydrogen-bond acceptors (Lipinski definition) is 4. The van der Waals surface area contributed by atoms with Crippen molar-refractivity contribution in [1.82, 2.24) is 0 Å². The van der Waals surface area contributed by atoms with Crippen molar-refractivity contribution in [1.29, 1.82) is 0 Å². The highest BCUT2D eigenvalue weighted by atomic mass is 79.9. The molecule has 0 radical (unpaired) electrons. The summed E-state index contributed by atoms with van der Waals surface area (Å²) in [5.41, 5.74) is 0. The minimum atomic E-state index is -4.09. The van der Waals surface area contributed by atoms with Crippen LogP contribution < -0.4 is 9.88 Å². The average molecular weight is 342 g/mol. The summed E-state index contributed by atoms with van der Waals surface area (Å²) in [6.07, 6.45) is 0. The third-order valence-electron chi connectivity index (χ3n) is 1.98. The van der Waals surface area contributed by atoms with E-state index in [4.69, 9.17) is 14.6 Å². The molecule has 0 aliphatic carbocycles. The molecular weight excluding hydrogens is 329 g/mol. The highest BCUT2D eigenvalue weighted by Gasteiger charge is 2.17. The Labute approximate surface area is 113 Å². The molecule has 18 heavy (non-hydrogen) atoms. The van der Waals surface area contributed by atoms with Crippen LogP contribution in [0.2, 0.25) is 0 Å². The first kappa shape index (κ1) is 15.4. The Morgan fingerprint density at radius 3 is 2.61 bits per heavy atom. The van der Waals surface area contributed by atoms with Gasteiger partial charge in [-0.3, -0.25) is 0 Å². The van der Waals surface area contributed by atoms with Crippen LogP contribution in [0, 0.1) is 5.82 Å². The van der Waals surface area contributed by atoms with Gasteiger partial charge in [-0.2, -0.15) is 0 Å². The maximum atomic E-state index is 13.5. The zero-order chi connectivity index (χ0) is 13.8. The van der Waals surface area contributed by atoms with Crippen molar-refractivity contribution in [2.75, 3.05) is 19.8 Å². The van der Waals surface area contributed by atoms with E-state index in [0.29, 0.717) is 17.7 Å². The summed E-state index contributed by atoms with van der Waals surface area (Å²) in [5, 5.41) is 4.87. The third kappa shape index (κ3) is 4.20. The highest BCUT2D eigenvalue weighted by Crippen LogP contribution is 2.29. The molecular formula is C10H13BrFNO4S. The van der Waals surface area contributed by atoms with E-state index < -0.39 is 20.7 Å². The quantitative estimate of drug-likeness (QED) is 0.798. The van der Waals surface area contributed by atoms with E-state index in [1.165, 1.54) is 0 Å². The molecule has 0 amide bonds. The van der Waals surface area contributed by atoms with Gasteiger partial charge in [0.15, 0.2) is 0 Å². The SMILES string of the molecule is CCOCCOc1cc(F)c(S(N)(=O)=O)cc1Br. The second kappa shape index (κ2) is 6.46. The zero-order valence-corrected chi connectivity index (χ0v) is 12.1. The molecule has 0 spiro atoms. The van der Waals surface area contributed by atoms with Gasteiger partial charge in [0.2, 0.25) is 10.0 Å². The maximum Gasteiger partial charge on any atom is 0.241 e. The van der Waals surface area contributed by atoms with Crippen LogP contribution in [0.4, 0.5) is 4.39 Å². The molecule has 2 N–H and O–H groups in total. The molecule has 1 aromatic rings. The molecule has 0 saturated carbocycles. The van der Waals surface area contributed by atoms with Crippen molar-refractivity contribution < 1.29 is 22.3 Å². The van der Waals surface area contributed by atoms with E-state index in [1.807, 2.05) is 6.92 Å². The first-order valence-electron chi connectivity index (χ1n) is 5.08. The van der Waals surface area contributed by atoms with Crippen molar-refractivity contribution in [3.63, 3.8) is 0 Å². The van der Waals surface area contributed by atoms with Gasteiger partial charge >= 0.3 is 0 Å². The van der Waals surface area contributed by atoms with Crippen LogP contribution in [0.25, 0.3) is 0 Å². The third-order valence-corrected chi connectivity index (χ3v) is 3.53. The molecule has 1 aromatic carbocycles. The predicted octanol–water partition coefficient (Wildman–Crippen LogP) is 1.65. The predicted molar refractivity (Wildman–Crippen MR) is 67.5 cm³/mol. The molecule has 0 bridgehead atoms. The number of benzene rings is 1. The van der Waals surface area contributed by atoms with Crippen LogP contribution >= 0.6 is 15.9 Å². The Kier molecular flexibility index (Phi) is 5.51. The summed E-state index contributed by atoms with van der Waals surface area (Å²) in [4.78, 5) is -0.577. The molecule has 5 nitrogen and oxygen atoms in total. The second-order valence-corrected chi connectivity index (χ2v) is 5.69. The minimum Gasteiger partial charge on any atom is -0.490 e. The number of rotatable bonds is 6. The normalized spacial score (nSPS) is 11.6. The summed E-state index contributed by atoms with van der Waals surface area (Å²) in [6, 6.07) is 2.04. The molecule has 0 aliphatic rings. The summed E-state index contributed by atoms with van der Waals surface area (Å²) in [6.45, 7) is 3.00. The molecule has 102 valence electrons. The van der Waals surface area contributed by atoms with Crippen LogP contribution in [0.3, 0.4) is 0 Å². The first-order valence-corrected chi connectivity index (χ1v) is 7.42.